The molecule has 0 saturated carbocycles. The molecule has 0 heterocycles. The Morgan fingerprint density at radius 3 is 1.96 bits per heavy atom. The van der Waals surface area contributed by atoms with Gasteiger partial charge in [-0.3, -0.25) is 0 Å². The van der Waals surface area contributed by atoms with Gasteiger partial charge in [0.25, 0.3) is 0 Å². The van der Waals surface area contributed by atoms with Crippen molar-refractivity contribution in [2.75, 3.05) is 7.11 Å². The highest BCUT2D eigenvalue weighted by Gasteiger charge is 2.09. The van der Waals surface area contributed by atoms with Gasteiger partial charge >= 0.3 is 0 Å². The fraction of sp³-hybridized carbons (Fsp3) is 0.143. The average molecular weight is 355 g/mol. The summed E-state index contributed by atoms with van der Waals surface area (Å²) in [4.78, 5) is 0. The van der Waals surface area contributed by atoms with E-state index >= 15 is 0 Å². The second-order valence-electron chi connectivity index (χ2n) is 5.87. The lowest BCUT2D eigenvalue weighted by Gasteiger charge is -2.09. The summed E-state index contributed by atoms with van der Waals surface area (Å²) in [6, 6.07) is 19.1. The fourth-order valence-electron chi connectivity index (χ4n) is 2.73. The van der Waals surface area contributed by atoms with Crippen molar-refractivity contribution in [1.82, 2.24) is 0 Å². The summed E-state index contributed by atoms with van der Waals surface area (Å²) in [5.74, 6) is 0.639. The molecule has 0 bridgehead atoms. The molecule has 0 fully saturated rings. The van der Waals surface area contributed by atoms with Gasteiger partial charge in [-0.05, 0) is 59.4 Å². The fourth-order valence-corrected chi connectivity index (χ4v) is 2.97. The summed E-state index contributed by atoms with van der Waals surface area (Å²) in [5, 5.41) is 19.5. The Balaban J connectivity index is 1.70. The highest BCUT2D eigenvalue weighted by atomic mass is 35.5. The molecule has 0 amide bonds. The van der Waals surface area contributed by atoms with Crippen LogP contribution in [0.2, 0.25) is 5.02 Å². The molecular formula is C21H19ClO3. The number of hydrogen-bond acceptors (Lipinski definition) is 3. The first-order valence-corrected chi connectivity index (χ1v) is 8.38. The monoisotopic (exact) mass is 354 g/mol. The summed E-state index contributed by atoms with van der Waals surface area (Å²) in [6.07, 6.45) is 1.66. The number of hydrogen-bond donors (Lipinski definition) is 2. The van der Waals surface area contributed by atoms with E-state index in [1.807, 2.05) is 18.2 Å². The molecule has 2 N–H and O–H groups in total. The van der Waals surface area contributed by atoms with Crippen LogP contribution in [0.15, 0.2) is 60.7 Å². The van der Waals surface area contributed by atoms with E-state index in [1.165, 1.54) is 12.7 Å². The SMILES string of the molecule is COc1cc(CCc2ccc(-c3ccc(O)cc3)cc2)cc(Cl)c1O. The van der Waals surface area contributed by atoms with Gasteiger partial charge in [0, 0.05) is 0 Å². The van der Waals surface area contributed by atoms with Gasteiger partial charge in [0.2, 0.25) is 0 Å². The number of phenolic OH excluding ortho intramolecular Hbond substituents is 2. The third-order valence-electron chi connectivity index (χ3n) is 4.17. The van der Waals surface area contributed by atoms with Crippen molar-refractivity contribution in [1.29, 1.82) is 0 Å². The molecule has 3 nitrogen and oxygen atoms in total. The van der Waals surface area contributed by atoms with Gasteiger partial charge in [-0.15, -0.1) is 0 Å². The minimum absolute atomic E-state index is 0.0221. The van der Waals surface area contributed by atoms with Crippen molar-refractivity contribution in [2.24, 2.45) is 0 Å². The lowest BCUT2D eigenvalue weighted by atomic mass is 10.00. The number of phenols is 2. The van der Waals surface area contributed by atoms with Crippen LogP contribution in [0.1, 0.15) is 11.1 Å². The molecule has 0 unspecified atom stereocenters. The first-order chi connectivity index (χ1) is 12.1. The predicted octanol–water partition coefficient (Wildman–Crippen LogP) is 5.21. The molecule has 4 heteroatoms. The number of halogens is 1. The van der Waals surface area contributed by atoms with Gasteiger partial charge in [-0.1, -0.05) is 48.0 Å². The lowest BCUT2D eigenvalue weighted by molar-refractivity contribution is 0.373. The first kappa shape index (κ1) is 17.2. The highest BCUT2D eigenvalue weighted by molar-refractivity contribution is 6.32. The Morgan fingerprint density at radius 1 is 0.800 bits per heavy atom. The van der Waals surface area contributed by atoms with Crippen molar-refractivity contribution in [3.63, 3.8) is 0 Å². The van der Waals surface area contributed by atoms with Crippen LogP contribution in [-0.4, -0.2) is 17.3 Å². The maximum atomic E-state index is 9.79. The Labute approximate surface area is 152 Å². The van der Waals surface area contributed by atoms with Crippen molar-refractivity contribution in [3.05, 3.63) is 76.8 Å². The van der Waals surface area contributed by atoms with E-state index in [0.29, 0.717) is 10.8 Å². The molecule has 0 aliphatic heterocycles. The Hall–Kier alpha value is -2.65. The summed E-state index contributed by atoms with van der Waals surface area (Å²) >= 11 is 6.03. The van der Waals surface area contributed by atoms with Crippen LogP contribution in [0, 0.1) is 0 Å². The molecule has 0 saturated heterocycles. The van der Waals surface area contributed by atoms with Gasteiger partial charge in [0.15, 0.2) is 11.5 Å². The molecule has 0 spiro atoms. The van der Waals surface area contributed by atoms with E-state index in [1.54, 1.807) is 18.2 Å². The minimum Gasteiger partial charge on any atom is -0.508 e. The number of aromatic hydroxyl groups is 2. The van der Waals surface area contributed by atoms with Crippen molar-refractivity contribution in [2.45, 2.75) is 12.8 Å². The maximum absolute atomic E-state index is 9.79. The summed E-state index contributed by atoms with van der Waals surface area (Å²) in [6.45, 7) is 0. The molecule has 3 rings (SSSR count). The quantitative estimate of drug-likeness (QED) is 0.661. The summed E-state index contributed by atoms with van der Waals surface area (Å²) in [7, 11) is 1.51. The molecule has 3 aromatic rings. The molecule has 0 atom stereocenters. The Kier molecular flexibility index (Phi) is 5.15. The van der Waals surface area contributed by atoms with Gasteiger partial charge in [-0.2, -0.15) is 0 Å². The zero-order chi connectivity index (χ0) is 17.8. The minimum atomic E-state index is -0.0221. The largest absolute Gasteiger partial charge is 0.508 e. The van der Waals surface area contributed by atoms with Crippen molar-refractivity contribution >= 4 is 11.6 Å². The number of rotatable bonds is 5. The first-order valence-electron chi connectivity index (χ1n) is 8.00. The van der Waals surface area contributed by atoms with E-state index in [9.17, 15) is 10.2 Å². The molecule has 3 aromatic carbocycles. The van der Waals surface area contributed by atoms with Crippen LogP contribution < -0.4 is 4.74 Å². The third kappa shape index (κ3) is 4.06. The highest BCUT2D eigenvalue weighted by Crippen LogP contribution is 2.35. The predicted molar refractivity (Wildman–Crippen MR) is 101 cm³/mol. The zero-order valence-corrected chi connectivity index (χ0v) is 14.6. The Bertz CT molecular complexity index is 856. The van der Waals surface area contributed by atoms with Crippen LogP contribution in [-0.2, 0) is 12.8 Å². The third-order valence-corrected chi connectivity index (χ3v) is 4.45. The second kappa shape index (κ2) is 7.49. The van der Waals surface area contributed by atoms with E-state index in [-0.39, 0.29) is 11.5 Å². The zero-order valence-electron chi connectivity index (χ0n) is 13.9. The van der Waals surface area contributed by atoms with Crippen LogP contribution in [0.4, 0.5) is 0 Å². The van der Waals surface area contributed by atoms with E-state index in [0.717, 1.165) is 29.5 Å². The number of ether oxygens (including phenoxy) is 1. The van der Waals surface area contributed by atoms with E-state index in [4.69, 9.17) is 16.3 Å². The average Bonchev–Trinajstić information content (AvgIpc) is 2.63. The topological polar surface area (TPSA) is 49.7 Å². The van der Waals surface area contributed by atoms with Crippen LogP contribution in [0.3, 0.4) is 0 Å². The van der Waals surface area contributed by atoms with Gasteiger partial charge in [0.05, 0.1) is 12.1 Å². The number of benzene rings is 3. The lowest BCUT2D eigenvalue weighted by Crippen LogP contribution is -1.94. The van der Waals surface area contributed by atoms with Crippen LogP contribution in [0.25, 0.3) is 11.1 Å². The molecular weight excluding hydrogens is 336 g/mol. The molecule has 0 aliphatic rings. The maximum Gasteiger partial charge on any atom is 0.176 e. The smallest absolute Gasteiger partial charge is 0.176 e. The standard InChI is InChI=1S/C21H19ClO3/c1-25-20-13-15(12-19(22)21(20)24)3-2-14-4-6-16(7-5-14)17-8-10-18(23)11-9-17/h4-13,23-24H,2-3H2,1H3. The number of aryl methyl sites for hydroxylation is 2. The van der Waals surface area contributed by atoms with Crippen LogP contribution >= 0.6 is 11.6 Å². The molecule has 0 aromatic heterocycles. The van der Waals surface area contributed by atoms with Crippen molar-refractivity contribution < 1.29 is 14.9 Å². The number of methoxy groups -OCH3 is 1. The van der Waals surface area contributed by atoms with E-state index < -0.39 is 0 Å². The van der Waals surface area contributed by atoms with Gasteiger partial charge in [-0.25, -0.2) is 0 Å². The van der Waals surface area contributed by atoms with Gasteiger partial charge in [0.1, 0.15) is 5.75 Å². The molecule has 0 radical (unpaired) electrons. The molecule has 25 heavy (non-hydrogen) atoms. The summed E-state index contributed by atoms with van der Waals surface area (Å²) < 4.78 is 5.14. The summed E-state index contributed by atoms with van der Waals surface area (Å²) in [5.41, 5.74) is 4.41. The normalized spacial score (nSPS) is 10.6. The van der Waals surface area contributed by atoms with Gasteiger partial charge < -0.3 is 14.9 Å². The molecule has 128 valence electrons. The second-order valence-corrected chi connectivity index (χ2v) is 6.28. The Morgan fingerprint density at radius 2 is 1.36 bits per heavy atom. The van der Waals surface area contributed by atoms with Crippen LogP contribution in [0.5, 0.6) is 17.2 Å². The van der Waals surface area contributed by atoms with Crippen molar-refractivity contribution in [3.8, 4) is 28.4 Å². The molecule has 0 aliphatic carbocycles. The van der Waals surface area contributed by atoms with E-state index in [2.05, 4.69) is 24.3 Å².